The van der Waals surface area contributed by atoms with Gasteiger partial charge in [0.05, 0.1) is 47.5 Å². The number of benzene rings is 2. The molecule has 1 amide bonds. The Kier molecular flexibility index (Phi) is 8.01. The number of esters is 1. The van der Waals surface area contributed by atoms with Crippen LogP contribution in [0.1, 0.15) is 19.4 Å². The number of hydrogen-bond donors (Lipinski definition) is 1. The van der Waals surface area contributed by atoms with Gasteiger partial charge in [0.2, 0.25) is 6.79 Å². The van der Waals surface area contributed by atoms with Crippen molar-refractivity contribution in [2.45, 2.75) is 32.5 Å². The fourth-order valence-electron chi connectivity index (χ4n) is 3.32. The quantitative estimate of drug-likeness (QED) is 0.475. The normalized spacial score (nSPS) is 18.4. The van der Waals surface area contributed by atoms with Crippen molar-refractivity contribution < 1.29 is 23.8 Å². The van der Waals surface area contributed by atoms with Gasteiger partial charge in [-0.3, -0.25) is 4.79 Å². The lowest BCUT2D eigenvalue weighted by molar-refractivity contribution is -0.152. The second-order valence-corrected chi connectivity index (χ2v) is 8.08. The van der Waals surface area contributed by atoms with Crippen molar-refractivity contribution in [3.05, 3.63) is 58.1 Å². The lowest BCUT2D eigenvalue weighted by Crippen LogP contribution is -2.48. The van der Waals surface area contributed by atoms with Gasteiger partial charge in [-0.15, -0.1) is 0 Å². The number of anilines is 2. The number of morpholine rings is 1. The third-order valence-corrected chi connectivity index (χ3v) is 5.28. The molecule has 0 saturated carbocycles. The van der Waals surface area contributed by atoms with Gasteiger partial charge in [-0.25, -0.2) is 4.79 Å². The second-order valence-electron chi connectivity index (χ2n) is 7.26. The molecule has 1 N–H and O–H groups in total. The molecule has 0 bridgehead atoms. The topological polar surface area (TPSA) is 77.1 Å². The van der Waals surface area contributed by atoms with Crippen LogP contribution in [-0.4, -0.2) is 49.1 Å². The van der Waals surface area contributed by atoms with Gasteiger partial charge in [0, 0.05) is 5.69 Å². The highest BCUT2D eigenvalue weighted by Gasteiger charge is 2.27. The van der Waals surface area contributed by atoms with Gasteiger partial charge >= 0.3 is 12.1 Å². The van der Waals surface area contributed by atoms with E-state index in [0.29, 0.717) is 40.1 Å². The van der Waals surface area contributed by atoms with Crippen molar-refractivity contribution in [2.24, 2.45) is 0 Å². The molecule has 0 aliphatic carbocycles. The summed E-state index contributed by atoms with van der Waals surface area (Å²) in [7, 11) is 0. The maximum absolute atomic E-state index is 12.3. The Balaban J connectivity index is 1.53. The van der Waals surface area contributed by atoms with Gasteiger partial charge in [0.15, 0.2) is 0 Å². The van der Waals surface area contributed by atoms with E-state index >= 15 is 0 Å². The Morgan fingerprint density at radius 2 is 1.68 bits per heavy atom. The number of carbonyl (C=O) groups is 2. The summed E-state index contributed by atoms with van der Waals surface area (Å²) in [5.41, 5.74) is 1.91. The van der Waals surface area contributed by atoms with E-state index < -0.39 is 18.9 Å². The number of amides is 1. The Bertz CT molecular complexity index is 910. The van der Waals surface area contributed by atoms with Crippen LogP contribution in [0.25, 0.3) is 0 Å². The SMILES string of the molecule is CC1CN(C(=O)OCOC(=O)Cc2ccccc2Nc2c(Cl)cccc2Cl)CC(C)O1. The fourth-order valence-corrected chi connectivity index (χ4v) is 3.81. The fraction of sp³-hybridized carbons (Fsp3) is 0.364. The number of carbonyl (C=O) groups excluding carboxylic acids is 2. The number of nitrogens with one attached hydrogen (secondary N) is 1. The first-order valence-corrected chi connectivity index (χ1v) is 10.6. The number of halogens is 2. The zero-order valence-electron chi connectivity index (χ0n) is 17.3. The smallest absolute Gasteiger partial charge is 0.412 e. The lowest BCUT2D eigenvalue weighted by Gasteiger charge is -2.34. The summed E-state index contributed by atoms with van der Waals surface area (Å²) in [4.78, 5) is 26.0. The van der Waals surface area contributed by atoms with Gasteiger partial charge in [-0.05, 0) is 37.6 Å². The monoisotopic (exact) mass is 466 g/mol. The third-order valence-electron chi connectivity index (χ3n) is 4.65. The minimum atomic E-state index is -0.537. The molecule has 3 rings (SSSR count). The minimum absolute atomic E-state index is 0.0194. The van der Waals surface area contributed by atoms with Crippen molar-refractivity contribution in [3.8, 4) is 0 Å². The summed E-state index contributed by atoms with van der Waals surface area (Å²) in [5.74, 6) is -0.531. The van der Waals surface area contributed by atoms with Gasteiger partial charge < -0.3 is 24.4 Å². The molecule has 1 aliphatic heterocycles. The number of ether oxygens (including phenoxy) is 3. The lowest BCUT2D eigenvalue weighted by atomic mass is 10.1. The van der Waals surface area contributed by atoms with E-state index in [1.807, 2.05) is 32.0 Å². The third kappa shape index (κ3) is 6.50. The molecule has 31 heavy (non-hydrogen) atoms. The molecule has 2 aromatic carbocycles. The van der Waals surface area contributed by atoms with Crippen LogP contribution in [0.4, 0.5) is 16.2 Å². The second kappa shape index (κ2) is 10.7. The van der Waals surface area contributed by atoms with Gasteiger partial charge in [0.1, 0.15) is 0 Å². The van der Waals surface area contributed by atoms with Gasteiger partial charge in [-0.2, -0.15) is 0 Å². The maximum atomic E-state index is 12.3. The Morgan fingerprint density at radius 1 is 1.03 bits per heavy atom. The van der Waals surface area contributed by atoms with Crippen molar-refractivity contribution >= 4 is 46.6 Å². The summed E-state index contributed by atoms with van der Waals surface area (Å²) in [6.45, 7) is 4.18. The first-order valence-electron chi connectivity index (χ1n) is 9.85. The predicted octanol–water partition coefficient (Wildman–Crippen LogP) is 5.03. The van der Waals surface area contributed by atoms with Crippen molar-refractivity contribution in [3.63, 3.8) is 0 Å². The molecule has 2 atom stereocenters. The average molecular weight is 467 g/mol. The van der Waals surface area contributed by atoms with E-state index in [4.69, 9.17) is 37.4 Å². The molecule has 1 saturated heterocycles. The van der Waals surface area contributed by atoms with Crippen LogP contribution in [0, 0.1) is 0 Å². The van der Waals surface area contributed by atoms with E-state index in [0.717, 1.165) is 0 Å². The van der Waals surface area contributed by atoms with Gasteiger partial charge in [-0.1, -0.05) is 47.5 Å². The first kappa shape index (κ1) is 23.2. The highest BCUT2D eigenvalue weighted by atomic mass is 35.5. The Hall–Kier alpha value is -2.48. The predicted molar refractivity (Wildman–Crippen MR) is 119 cm³/mol. The number of nitrogens with zero attached hydrogens (tertiary/aromatic N) is 1. The van der Waals surface area contributed by atoms with Crippen molar-refractivity contribution in [1.29, 1.82) is 0 Å². The van der Waals surface area contributed by atoms with E-state index in [9.17, 15) is 9.59 Å². The standard InChI is InChI=1S/C22H24Cl2N2O5/c1-14-11-26(12-15(2)31-14)22(28)30-13-29-20(27)10-16-6-3-4-9-19(16)25-21-17(23)7-5-8-18(21)24/h3-9,14-15,25H,10-13H2,1-2H3. The van der Waals surface area contributed by atoms with Crippen LogP contribution in [-0.2, 0) is 25.4 Å². The molecule has 166 valence electrons. The van der Waals surface area contributed by atoms with Crippen LogP contribution in [0.5, 0.6) is 0 Å². The summed E-state index contributed by atoms with van der Waals surface area (Å²) < 4.78 is 15.8. The Morgan fingerprint density at radius 3 is 2.35 bits per heavy atom. The zero-order valence-corrected chi connectivity index (χ0v) is 18.8. The summed E-state index contributed by atoms with van der Waals surface area (Å²) in [6.07, 6.45) is -0.705. The van der Waals surface area contributed by atoms with Crippen molar-refractivity contribution in [1.82, 2.24) is 4.90 Å². The molecule has 1 aliphatic rings. The molecular formula is C22H24Cl2N2O5. The summed E-state index contributed by atoms with van der Waals surface area (Å²) >= 11 is 12.4. The molecule has 2 aromatic rings. The van der Waals surface area contributed by atoms with Crippen LogP contribution in [0.3, 0.4) is 0 Å². The average Bonchev–Trinajstić information content (AvgIpc) is 2.71. The molecule has 0 aromatic heterocycles. The molecule has 2 unspecified atom stereocenters. The van der Waals surface area contributed by atoms with E-state index in [1.54, 1.807) is 29.2 Å². The van der Waals surface area contributed by atoms with E-state index in [2.05, 4.69) is 5.32 Å². The molecule has 1 fully saturated rings. The van der Waals surface area contributed by atoms with E-state index in [1.165, 1.54) is 0 Å². The summed E-state index contributed by atoms with van der Waals surface area (Å²) in [6, 6.07) is 12.4. The van der Waals surface area contributed by atoms with Crippen LogP contribution >= 0.6 is 23.2 Å². The van der Waals surface area contributed by atoms with Crippen LogP contribution in [0.15, 0.2) is 42.5 Å². The largest absolute Gasteiger partial charge is 0.428 e. The van der Waals surface area contributed by atoms with E-state index in [-0.39, 0.29) is 18.6 Å². The molecule has 0 radical (unpaired) electrons. The molecule has 9 heteroatoms. The van der Waals surface area contributed by atoms with Crippen LogP contribution < -0.4 is 5.32 Å². The highest BCUT2D eigenvalue weighted by Crippen LogP contribution is 2.33. The van der Waals surface area contributed by atoms with Crippen molar-refractivity contribution in [2.75, 3.05) is 25.2 Å². The maximum Gasteiger partial charge on any atom is 0.412 e. The zero-order chi connectivity index (χ0) is 22.4. The number of hydrogen-bond acceptors (Lipinski definition) is 6. The molecule has 0 spiro atoms. The van der Waals surface area contributed by atoms with Gasteiger partial charge in [0.25, 0.3) is 0 Å². The Labute approximate surface area is 191 Å². The van der Waals surface area contributed by atoms with Crippen LogP contribution in [0.2, 0.25) is 10.0 Å². The first-order chi connectivity index (χ1) is 14.8. The molecule has 7 nitrogen and oxygen atoms in total. The summed E-state index contributed by atoms with van der Waals surface area (Å²) in [5, 5.41) is 4.09. The number of para-hydroxylation sites is 2. The highest BCUT2D eigenvalue weighted by molar-refractivity contribution is 6.39. The minimum Gasteiger partial charge on any atom is -0.428 e. The number of rotatable bonds is 6. The molecule has 1 heterocycles. The molecular weight excluding hydrogens is 443 g/mol.